The lowest BCUT2D eigenvalue weighted by Crippen LogP contribution is -2.45. The van der Waals surface area contributed by atoms with Crippen molar-refractivity contribution >= 4 is 5.91 Å². The molecule has 0 aromatic heterocycles. The van der Waals surface area contributed by atoms with Crippen LogP contribution in [0.15, 0.2) is 24.3 Å². The molecule has 1 unspecified atom stereocenters. The summed E-state index contributed by atoms with van der Waals surface area (Å²) in [5.41, 5.74) is 1.12. The van der Waals surface area contributed by atoms with Gasteiger partial charge in [-0.2, -0.15) is 0 Å². The lowest BCUT2D eigenvalue weighted by Gasteiger charge is -2.31. The highest BCUT2D eigenvalue weighted by molar-refractivity contribution is 5.78. The topological polar surface area (TPSA) is 41.6 Å². The summed E-state index contributed by atoms with van der Waals surface area (Å²) < 4.78 is 18.8. The fourth-order valence-corrected chi connectivity index (χ4v) is 4.77. The first-order valence-electron chi connectivity index (χ1n) is 10.5. The molecule has 0 bridgehead atoms. The van der Waals surface area contributed by atoms with Gasteiger partial charge in [-0.3, -0.25) is 9.69 Å². The Bertz CT molecular complexity index is 632. The number of nitrogens with zero attached hydrogens (tertiary/aromatic N) is 1. The Balaban J connectivity index is 1.34. The van der Waals surface area contributed by atoms with Gasteiger partial charge in [0.05, 0.1) is 13.2 Å². The average Bonchev–Trinajstić information content (AvgIpc) is 3.18. The Morgan fingerprint density at radius 2 is 1.93 bits per heavy atom. The summed E-state index contributed by atoms with van der Waals surface area (Å²) in [4.78, 5) is 15.1. The van der Waals surface area contributed by atoms with E-state index in [-0.39, 0.29) is 17.1 Å². The number of rotatable bonds is 8. The molecule has 1 aliphatic heterocycles. The third-order valence-corrected chi connectivity index (χ3v) is 6.57. The molecule has 3 aliphatic rings. The summed E-state index contributed by atoms with van der Waals surface area (Å²) >= 11 is 0. The maximum absolute atomic E-state index is 13.3. The van der Waals surface area contributed by atoms with E-state index < -0.39 is 0 Å². The van der Waals surface area contributed by atoms with Crippen LogP contribution in [0.25, 0.3) is 0 Å². The van der Waals surface area contributed by atoms with E-state index in [1.54, 1.807) is 0 Å². The van der Waals surface area contributed by atoms with Gasteiger partial charge in [-0.05, 0) is 55.7 Å². The van der Waals surface area contributed by atoms with Gasteiger partial charge in [0.1, 0.15) is 5.82 Å². The predicted molar refractivity (Wildman–Crippen MR) is 103 cm³/mol. The van der Waals surface area contributed by atoms with Gasteiger partial charge in [0, 0.05) is 31.2 Å². The van der Waals surface area contributed by atoms with Gasteiger partial charge in [-0.25, -0.2) is 4.39 Å². The Hall–Kier alpha value is -1.46. The normalized spacial score (nSPS) is 24.4. The lowest BCUT2D eigenvalue weighted by molar-refractivity contribution is -0.122. The molecule has 1 aromatic carbocycles. The molecule has 1 N–H and O–H groups in total. The largest absolute Gasteiger partial charge is 0.381 e. The second-order valence-corrected chi connectivity index (χ2v) is 8.66. The molecule has 4 nitrogen and oxygen atoms in total. The average molecular weight is 375 g/mol. The van der Waals surface area contributed by atoms with Gasteiger partial charge >= 0.3 is 0 Å². The van der Waals surface area contributed by atoms with Gasteiger partial charge in [-0.15, -0.1) is 0 Å². The number of ether oxygens (including phenoxy) is 1. The molecule has 27 heavy (non-hydrogen) atoms. The van der Waals surface area contributed by atoms with Crippen LogP contribution < -0.4 is 5.32 Å². The highest BCUT2D eigenvalue weighted by Crippen LogP contribution is 2.40. The van der Waals surface area contributed by atoms with E-state index in [4.69, 9.17) is 4.74 Å². The summed E-state index contributed by atoms with van der Waals surface area (Å²) in [6.45, 7) is 3.80. The van der Waals surface area contributed by atoms with Crippen molar-refractivity contribution in [2.75, 3.05) is 32.8 Å². The first-order valence-corrected chi connectivity index (χ1v) is 10.5. The van der Waals surface area contributed by atoms with Crippen LogP contribution in [-0.4, -0.2) is 49.7 Å². The highest BCUT2D eigenvalue weighted by Gasteiger charge is 2.37. The molecule has 148 valence electrons. The zero-order chi connectivity index (χ0) is 18.7. The van der Waals surface area contributed by atoms with Gasteiger partial charge < -0.3 is 10.1 Å². The molecule has 4 rings (SSSR count). The SMILES string of the molecule is O=C(CN(CC1CCOC1)C1CC1)NCC1(c2ccc(F)cc2)CCCC1. The van der Waals surface area contributed by atoms with Crippen LogP contribution in [0.1, 0.15) is 50.5 Å². The molecule has 1 amide bonds. The highest BCUT2D eigenvalue weighted by atomic mass is 19.1. The molecule has 1 atom stereocenters. The molecule has 2 saturated carbocycles. The number of halogens is 1. The van der Waals surface area contributed by atoms with Gasteiger partial charge in [0.15, 0.2) is 0 Å². The molecule has 1 heterocycles. The van der Waals surface area contributed by atoms with Crippen LogP contribution in [0.5, 0.6) is 0 Å². The second kappa shape index (κ2) is 8.27. The van der Waals surface area contributed by atoms with Crippen molar-refractivity contribution in [2.45, 2.75) is 56.4 Å². The summed E-state index contributed by atoms with van der Waals surface area (Å²) in [7, 11) is 0. The maximum Gasteiger partial charge on any atom is 0.234 e. The fourth-order valence-electron chi connectivity index (χ4n) is 4.77. The van der Waals surface area contributed by atoms with Crippen LogP contribution in [0.3, 0.4) is 0 Å². The standard InChI is InChI=1S/C22H31FN2O2/c23-19-5-3-18(4-6-19)22(10-1-2-11-22)16-24-21(26)14-25(20-7-8-20)13-17-9-12-27-15-17/h3-6,17,20H,1-2,7-16H2,(H,24,26). The first-order chi connectivity index (χ1) is 13.1. The number of hydrogen-bond acceptors (Lipinski definition) is 3. The van der Waals surface area contributed by atoms with Crippen molar-refractivity contribution in [1.82, 2.24) is 10.2 Å². The van der Waals surface area contributed by atoms with Gasteiger partial charge in [0.25, 0.3) is 0 Å². The minimum atomic E-state index is -0.202. The number of carbonyl (C=O) groups is 1. The van der Waals surface area contributed by atoms with Crippen LogP contribution in [0.2, 0.25) is 0 Å². The summed E-state index contributed by atoms with van der Waals surface area (Å²) in [5.74, 6) is 0.486. The number of carbonyl (C=O) groups excluding carboxylic acids is 1. The molecule has 5 heteroatoms. The van der Waals surface area contributed by atoms with Crippen LogP contribution in [0.4, 0.5) is 4.39 Å². The third kappa shape index (κ3) is 4.69. The molecular formula is C22H31FN2O2. The van der Waals surface area contributed by atoms with E-state index in [9.17, 15) is 9.18 Å². The molecule has 1 saturated heterocycles. The van der Waals surface area contributed by atoms with Crippen LogP contribution in [0, 0.1) is 11.7 Å². The Labute approximate surface area is 161 Å². The molecule has 0 spiro atoms. The zero-order valence-corrected chi connectivity index (χ0v) is 16.1. The van der Waals surface area contributed by atoms with Gasteiger partial charge in [-0.1, -0.05) is 25.0 Å². The van der Waals surface area contributed by atoms with Crippen molar-refractivity contribution in [3.8, 4) is 0 Å². The Kier molecular flexibility index (Phi) is 5.79. The van der Waals surface area contributed by atoms with Crippen molar-refractivity contribution in [1.29, 1.82) is 0 Å². The number of amides is 1. The fraction of sp³-hybridized carbons (Fsp3) is 0.682. The number of hydrogen-bond donors (Lipinski definition) is 1. The van der Waals surface area contributed by atoms with Crippen molar-refractivity contribution in [3.05, 3.63) is 35.6 Å². The molecular weight excluding hydrogens is 343 g/mol. The molecule has 3 fully saturated rings. The third-order valence-electron chi connectivity index (χ3n) is 6.57. The second-order valence-electron chi connectivity index (χ2n) is 8.66. The number of benzene rings is 1. The smallest absolute Gasteiger partial charge is 0.234 e. The minimum Gasteiger partial charge on any atom is -0.381 e. The van der Waals surface area contributed by atoms with Crippen LogP contribution in [-0.2, 0) is 14.9 Å². The van der Waals surface area contributed by atoms with E-state index in [2.05, 4.69) is 10.2 Å². The summed E-state index contributed by atoms with van der Waals surface area (Å²) in [6.07, 6.45) is 7.99. The summed E-state index contributed by atoms with van der Waals surface area (Å²) in [6, 6.07) is 7.44. The van der Waals surface area contributed by atoms with Gasteiger partial charge in [0.2, 0.25) is 5.91 Å². The zero-order valence-electron chi connectivity index (χ0n) is 16.1. The van der Waals surface area contributed by atoms with E-state index in [0.717, 1.165) is 44.6 Å². The molecule has 1 aromatic rings. The maximum atomic E-state index is 13.3. The predicted octanol–water partition coefficient (Wildman–Crippen LogP) is 3.25. The monoisotopic (exact) mass is 374 g/mol. The van der Waals surface area contributed by atoms with Crippen molar-refractivity contribution in [3.63, 3.8) is 0 Å². The number of nitrogens with one attached hydrogen (secondary N) is 1. The Morgan fingerprint density at radius 1 is 1.19 bits per heavy atom. The van der Waals surface area contributed by atoms with Crippen LogP contribution >= 0.6 is 0 Å². The Morgan fingerprint density at radius 3 is 2.56 bits per heavy atom. The summed E-state index contributed by atoms with van der Waals surface area (Å²) in [5, 5.41) is 3.21. The van der Waals surface area contributed by atoms with E-state index in [0.29, 0.717) is 25.0 Å². The van der Waals surface area contributed by atoms with E-state index >= 15 is 0 Å². The quantitative estimate of drug-likeness (QED) is 0.759. The lowest BCUT2D eigenvalue weighted by atomic mass is 9.79. The van der Waals surface area contributed by atoms with E-state index in [1.165, 1.54) is 37.8 Å². The van der Waals surface area contributed by atoms with Crippen molar-refractivity contribution in [2.24, 2.45) is 5.92 Å². The van der Waals surface area contributed by atoms with Crippen molar-refractivity contribution < 1.29 is 13.9 Å². The molecule has 0 radical (unpaired) electrons. The van der Waals surface area contributed by atoms with E-state index in [1.807, 2.05) is 12.1 Å². The first kappa shape index (κ1) is 18.9. The molecule has 2 aliphatic carbocycles. The minimum absolute atomic E-state index is 0.0347.